The van der Waals surface area contributed by atoms with Gasteiger partial charge in [-0.05, 0) is 6.92 Å². The predicted molar refractivity (Wildman–Crippen MR) is 58.7 cm³/mol. The lowest BCUT2D eigenvalue weighted by atomic mass is 10.2. The highest BCUT2D eigenvalue weighted by Crippen LogP contribution is 2.18. The summed E-state index contributed by atoms with van der Waals surface area (Å²) in [5, 5.41) is 12.4. The molecule has 0 saturated carbocycles. The lowest BCUT2D eigenvalue weighted by Gasteiger charge is -1.98. The van der Waals surface area contributed by atoms with E-state index in [-0.39, 0.29) is 5.92 Å². The summed E-state index contributed by atoms with van der Waals surface area (Å²) in [6.45, 7) is 6.10. The van der Waals surface area contributed by atoms with Crippen molar-refractivity contribution >= 4 is 22.3 Å². The summed E-state index contributed by atoms with van der Waals surface area (Å²) in [7, 11) is 0. The van der Waals surface area contributed by atoms with Crippen LogP contribution in [-0.4, -0.2) is 32.4 Å². The molecule has 0 saturated heterocycles. The molecule has 0 aliphatic carbocycles. The first-order chi connectivity index (χ1) is 7.63. The van der Waals surface area contributed by atoms with E-state index in [4.69, 9.17) is 4.74 Å². The normalized spacial score (nSPS) is 11.2. The number of hydrogen-bond acceptors (Lipinski definition) is 6. The summed E-state index contributed by atoms with van der Waals surface area (Å²) in [6.07, 6.45) is 0. The van der Waals surface area contributed by atoms with Crippen LogP contribution in [0.1, 0.15) is 42.3 Å². The van der Waals surface area contributed by atoms with Crippen molar-refractivity contribution in [1.82, 2.24) is 19.8 Å². The van der Waals surface area contributed by atoms with Gasteiger partial charge in [-0.25, -0.2) is 4.79 Å². The molecule has 2 heterocycles. The van der Waals surface area contributed by atoms with Crippen LogP contribution >= 0.6 is 11.3 Å². The van der Waals surface area contributed by atoms with Crippen LogP contribution < -0.4 is 0 Å². The standard InChI is InChI=1S/C9H12N4O2S/c1-4-15-8(14)7-12-13-6(5(2)3)10-11-9(13)16-7/h5H,4H2,1-3H3. The average molecular weight is 240 g/mol. The zero-order valence-corrected chi connectivity index (χ0v) is 10.1. The van der Waals surface area contributed by atoms with Crippen molar-refractivity contribution in [3.8, 4) is 0 Å². The van der Waals surface area contributed by atoms with E-state index in [9.17, 15) is 4.79 Å². The first kappa shape index (κ1) is 11.0. The van der Waals surface area contributed by atoms with Gasteiger partial charge in [0.05, 0.1) is 6.61 Å². The first-order valence-corrected chi connectivity index (χ1v) is 5.84. The number of esters is 1. The van der Waals surface area contributed by atoms with Gasteiger partial charge in [0.1, 0.15) is 0 Å². The van der Waals surface area contributed by atoms with E-state index in [0.717, 1.165) is 5.82 Å². The molecule has 16 heavy (non-hydrogen) atoms. The Hall–Kier alpha value is -1.50. The molecule has 0 bridgehead atoms. The smallest absolute Gasteiger partial charge is 0.369 e. The second-order valence-electron chi connectivity index (χ2n) is 3.53. The molecule has 0 N–H and O–H groups in total. The minimum Gasteiger partial charge on any atom is -0.461 e. The Morgan fingerprint density at radius 2 is 2.25 bits per heavy atom. The summed E-state index contributed by atoms with van der Waals surface area (Å²) < 4.78 is 6.47. The average Bonchev–Trinajstić information content (AvgIpc) is 2.74. The van der Waals surface area contributed by atoms with Crippen LogP contribution in [0, 0.1) is 0 Å². The lowest BCUT2D eigenvalue weighted by Crippen LogP contribution is -2.06. The number of aromatic nitrogens is 4. The van der Waals surface area contributed by atoms with Gasteiger partial charge in [0.15, 0.2) is 5.82 Å². The fourth-order valence-corrected chi connectivity index (χ4v) is 2.01. The van der Waals surface area contributed by atoms with Crippen LogP contribution in [0.25, 0.3) is 4.96 Å². The Labute approximate surface area is 96.3 Å². The Kier molecular flexibility index (Phi) is 2.86. The first-order valence-electron chi connectivity index (χ1n) is 5.02. The molecule has 0 aliphatic rings. The number of fused-ring (bicyclic) bond motifs is 1. The van der Waals surface area contributed by atoms with Crippen molar-refractivity contribution in [3.63, 3.8) is 0 Å². The molecule has 2 aromatic heterocycles. The quantitative estimate of drug-likeness (QED) is 0.760. The third-order valence-electron chi connectivity index (χ3n) is 1.98. The maximum Gasteiger partial charge on any atom is 0.369 e. The summed E-state index contributed by atoms with van der Waals surface area (Å²) in [6, 6.07) is 0. The molecule has 2 aromatic rings. The molecular weight excluding hydrogens is 228 g/mol. The van der Waals surface area contributed by atoms with Gasteiger partial charge in [-0.1, -0.05) is 25.2 Å². The number of ether oxygens (including phenoxy) is 1. The minimum atomic E-state index is -0.410. The van der Waals surface area contributed by atoms with Crippen molar-refractivity contribution < 1.29 is 9.53 Å². The SMILES string of the molecule is CCOC(=O)c1nn2c(C(C)C)nnc2s1. The molecule has 7 heteroatoms. The topological polar surface area (TPSA) is 69.4 Å². The molecule has 0 fully saturated rings. The van der Waals surface area contributed by atoms with Crippen LogP contribution in [0.15, 0.2) is 0 Å². The zero-order chi connectivity index (χ0) is 11.7. The highest BCUT2D eigenvalue weighted by molar-refractivity contribution is 7.18. The van der Waals surface area contributed by atoms with E-state index in [1.807, 2.05) is 13.8 Å². The Morgan fingerprint density at radius 3 is 2.88 bits per heavy atom. The lowest BCUT2D eigenvalue weighted by molar-refractivity contribution is 0.0524. The van der Waals surface area contributed by atoms with Crippen LogP contribution in [0.5, 0.6) is 0 Å². The van der Waals surface area contributed by atoms with E-state index in [0.29, 0.717) is 16.6 Å². The Balaban J connectivity index is 2.41. The number of carbonyl (C=O) groups excluding carboxylic acids is 1. The summed E-state index contributed by atoms with van der Waals surface area (Å²) in [4.78, 5) is 12.1. The second kappa shape index (κ2) is 4.17. The Bertz CT molecular complexity index is 517. The van der Waals surface area contributed by atoms with Gasteiger partial charge in [0.2, 0.25) is 9.97 Å². The maximum atomic E-state index is 11.5. The molecule has 0 atom stereocenters. The summed E-state index contributed by atoms with van der Waals surface area (Å²) in [5.74, 6) is 0.557. The van der Waals surface area contributed by atoms with Gasteiger partial charge in [-0.2, -0.15) is 4.52 Å². The molecule has 0 aliphatic heterocycles. The number of rotatable bonds is 3. The molecule has 2 rings (SSSR count). The maximum absolute atomic E-state index is 11.5. The van der Waals surface area contributed by atoms with Gasteiger partial charge < -0.3 is 4.74 Å². The molecule has 6 nitrogen and oxygen atoms in total. The molecule has 0 radical (unpaired) electrons. The van der Waals surface area contributed by atoms with Gasteiger partial charge in [0, 0.05) is 5.92 Å². The van der Waals surface area contributed by atoms with Crippen molar-refractivity contribution in [2.75, 3.05) is 6.61 Å². The van der Waals surface area contributed by atoms with Crippen LogP contribution in [0.3, 0.4) is 0 Å². The van der Waals surface area contributed by atoms with Crippen molar-refractivity contribution in [2.24, 2.45) is 0 Å². The van der Waals surface area contributed by atoms with Gasteiger partial charge in [-0.3, -0.25) is 0 Å². The van der Waals surface area contributed by atoms with E-state index in [1.165, 1.54) is 11.3 Å². The molecule has 0 unspecified atom stereocenters. The van der Waals surface area contributed by atoms with Crippen molar-refractivity contribution in [2.45, 2.75) is 26.7 Å². The van der Waals surface area contributed by atoms with Crippen LogP contribution in [0.2, 0.25) is 0 Å². The highest BCUT2D eigenvalue weighted by atomic mass is 32.1. The van der Waals surface area contributed by atoms with Gasteiger partial charge in [-0.15, -0.1) is 15.3 Å². The third kappa shape index (κ3) is 1.78. The zero-order valence-electron chi connectivity index (χ0n) is 9.30. The van der Waals surface area contributed by atoms with E-state index >= 15 is 0 Å². The number of carbonyl (C=O) groups is 1. The third-order valence-corrected chi connectivity index (χ3v) is 2.86. The minimum absolute atomic E-state index is 0.215. The largest absolute Gasteiger partial charge is 0.461 e. The molecular formula is C9H12N4O2S. The molecule has 0 spiro atoms. The van der Waals surface area contributed by atoms with Crippen molar-refractivity contribution in [1.29, 1.82) is 0 Å². The molecule has 0 aromatic carbocycles. The number of hydrogen-bond donors (Lipinski definition) is 0. The van der Waals surface area contributed by atoms with Gasteiger partial charge >= 0.3 is 5.97 Å². The van der Waals surface area contributed by atoms with E-state index < -0.39 is 5.97 Å². The molecule has 86 valence electrons. The van der Waals surface area contributed by atoms with Gasteiger partial charge in [0.25, 0.3) is 0 Å². The highest BCUT2D eigenvalue weighted by Gasteiger charge is 2.18. The van der Waals surface area contributed by atoms with Crippen LogP contribution in [-0.2, 0) is 4.74 Å². The fourth-order valence-electron chi connectivity index (χ4n) is 1.27. The molecule has 0 amide bonds. The predicted octanol–water partition coefficient (Wildman–Crippen LogP) is 1.49. The summed E-state index contributed by atoms with van der Waals surface area (Å²) >= 11 is 1.19. The van der Waals surface area contributed by atoms with E-state index in [2.05, 4.69) is 15.3 Å². The fraction of sp³-hybridized carbons (Fsp3) is 0.556. The second-order valence-corrected chi connectivity index (χ2v) is 4.49. The van der Waals surface area contributed by atoms with Crippen LogP contribution in [0.4, 0.5) is 0 Å². The van der Waals surface area contributed by atoms with E-state index in [1.54, 1.807) is 11.4 Å². The van der Waals surface area contributed by atoms with Crippen molar-refractivity contribution in [3.05, 3.63) is 10.8 Å². The Morgan fingerprint density at radius 1 is 1.50 bits per heavy atom. The summed E-state index contributed by atoms with van der Waals surface area (Å²) in [5.41, 5.74) is 0. The number of nitrogens with zero attached hydrogens (tertiary/aromatic N) is 4. The monoisotopic (exact) mass is 240 g/mol.